The Hall–Kier alpha value is -2.36. The standard InChI is InChI=1S/C25H30Cl2FN3O4S/c1-17(25(33)29-21-8-4-3-5-9-21)30(15-18-11-12-19(26)13-23(18)27)24(32)16-31(36(2,34)35)22-10-6-7-20(28)14-22/h6-7,10-14,17,21H,3-5,8-9,15-16H2,1-2H3,(H,29,33). The monoisotopic (exact) mass is 557 g/mol. The Morgan fingerprint density at radius 1 is 1.11 bits per heavy atom. The van der Waals surface area contributed by atoms with Crippen molar-refractivity contribution in [2.24, 2.45) is 0 Å². The van der Waals surface area contributed by atoms with E-state index in [1.807, 2.05) is 0 Å². The summed E-state index contributed by atoms with van der Waals surface area (Å²) in [7, 11) is -3.94. The van der Waals surface area contributed by atoms with Crippen LogP contribution in [0.4, 0.5) is 10.1 Å². The predicted octanol–water partition coefficient (Wildman–Crippen LogP) is 4.76. The van der Waals surface area contributed by atoms with Crippen LogP contribution in [0, 0.1) is 5.82 Å². The van der Waals surface area contributed by atoms with Gasteiger partial charge in [-0.2, -0.15) is 0 Å². The highest BCUT2D eigenvalue weighted by Crippen LogP contribution is 2.25. The molecule has 0 bridgehead atoms. The van der Waals surface area contributed by atoms with Crippen LogP contribution in [0.2, 0.25) is 10.0 Å². The lowest BCUT2D eigenvalue weighted by atomic mass is 9.95. The highest BCUT2D eigenvalue weighted by atomic mass is 35.5. The van der Waals surface area contributed by atoms with Crippen molar-refractivity contribution in [1.82, 2.24) is 10.2 Å². The normalized spacial score (nSPS) is 15.2. The number of hydrogen-bond donors (Lipinski definition) is 1. The van der Waals surface area contributed by atoms with Gasteiger partial charge < -0.3 is 10.2 Å². The number of carbonyl (C=O) groups is 2. The molecule has 196 valence electrons. The molecule has 0 spiro atoms. The number of halogens is 3. The molecule has 1 fully saturated rings. The van der Waals surface area contributed by atoms with Crippen LogP contribution < -0.4 is 9.62 Å². The van der Waals surface area contributed by atoms with Crippen molar-refractivity contribution >= 4 is 50.7 Å². The van der Waals surface area contributed by atoms with Gasteiger partial charge in [0.25, 0.3) is 0 Å². The second-order valence-corrected chi connectivity index (χ2v) is 11.8. The molecule has 1 unspecified atom stereocenters. The number of carbonyl (C=O) groups excluding carboxylic acids is 2. The smallest absolute Gasteiger partial charge is 0.244 e. The van der Waals surface area contributed by atoms with Gasteiger partial charge in [-0.15, -0.1) is 0 Å². The molecule has 1 saturated carbocycles. The van der Waals surface area contributed by atoms with Crippen molar-refractivity contribution in [3.05, 3.63) is 63.9 Å². The zero-order chi connectivity index (χ0) is 26.5. The summed E-state index contributed by atoms with van der Waals surface area (Å²) in [4.78, 5) is 28.0. The van der Waals surface area contributed by atoms with Gasteiger partial charge in [0.05, 0.1) is 11.9 Å². The maximum Gasteiger partial charge on any atom is 0.244 e. The molecule has 0 aliphatic heterocycles. The minimum Gasteiger partial charge on any atom is -0.352 e. The molecule has 1 aliphatic carbocycles. The van der Waals surface area contributed by atoms with Gasteiger partial charge in [0.1, 0.15) is 18.4 Å². The molecule has 2 aromatic rings. The third-order valence-corrected chi connectivity index (χ3v) is 7.98. The first kappa shape index (κ1) is 28.2. The van der Waals surface area contributed by atoms with Crippen LogP contribution in [0.15, 0.2) is 42.5 Å². The van der Waals surface area contributed by atoms with Crippen molar-refractivity contribution in [3.8, 4) is 0 Å². The minimum absolute atomic E-state index is 0.00892. The summed E-state index contributed by atoms with van der Waals surface area (Å²) >= 11 is 12.3. The van der Waals surface area contributed by atoms with Crippen molar-refractivity contribution in [1.29, 1.82) is 0 Å². The Labute approximate surface area is 221 Å². The van der Waals surface area contributed by atoms with Crippen LogP contribution in [0.3, 0.4) is 0 Å². The molecular formula is C25H30Cl2FN3O4S. The van der Waals surface area contributed by atoms with Crippen LogP contribution in [0.1, 0.15) is 44.6 Å². The van der Waals surface area contributed by atoms with Gasteiger partial charge in [0.15, 0.2) is 0 Å². The molecule has 0 saturated heterocycles. The Bertz CT molecular complexity index is 1210. The molecule has 1 atom stereocenters. The summed E-state index contributed by atoms with van der Waals surface area (Å²) < 4.78 is 39.7. The molecule has 11 heteroatoms. The molecule has 2 amide bonds. The van der Waals surface area contributed by atoms with Gasteiger partial charge in [0, 0.05) is 22.6 Å². The summed E-state index contributed by atoms with van der Waals surface area (Å²) in [6.07, 6.45) is 5.86. The van der Waals surface area contributed by atoms with E-state index in [9.17, 15) is 22.4 Å². The highest BCUT2D eigenvalue weighted by Gasteiger charge is 2.31. The maximum atomic E-state index is 13.8. The fraction of sp³-hybridized carbons (Fsp3) is 0.440. The minimum atomic E-state index is -3.94. The first-order valence-electron chi connectivity index (χ1n) is 11.7. The fourth-order valence-corrected chi connectivity index (χ4v) is 5.54. The molecule has 3 rings (SSSR count). The third-order valence-electron chi connectivity index (χ3n) is 6.25. The van der Waals surface area contributed by atoms with E-state index >= 15 is 0 Å². The van der Waals surface area contributed by atoms with E-state index in [0.29, 0.717) is 15.6 Å². The lowest BCUT2D eigenvalue weighted by Gasteiger charge is -2.33. The number of benzene rings is 2. The third kappa shape index (κ3) is 7.57. The van der Waals surface area contributed by atoms with Crippen molar-refractivity contribution in [2.75, 3.05) is 17.1 Å². The number of anilines is 1. The number of amides is 2. The van der Waals surface area contributed by atoms with Crippen LogP contribution in [0.25, 0.3) is 0 Å². The topological polar surface area (TPSA) is 86.8 Å². The van der Waals surface area contributed by atoms with Crippen LogP contribution >= 0.6 is 23.2 Å². The second kappa shape index (κ2) is 12.3. The molecule has 7 nitrogen and oxygen atoms in total. The van der Waals surface area contributed by atoms with Crippen molar-refractivity contribution < 1.29 is 22.4 Å². The summed E-state index contributed by atoms with van der Waals surface area (Å²) in [6, 6.07) is 8.89. The lowest BCUT2D eigenvalue weighted by molar-refractivity contribution is -0.139. The molecule has 2 aromatic carbocycles. The molecule has 0 radical (unpaired) electrons. The van der Waals surface area contributed by atoms with E-state index in [-0.39, 0.29) is 24.2 Å². The van der Waals surface area contributed by atoms with Crippen molar-refractivity contribution in [3.63, 3.8) is 0 Å². The van der Waals surface area contributed by atoms with E-state index in [4.69, 9.17) is 23.2 Å². The molecule has 0 heterocycles. The SMILES string of the molecule is CC(C(=O)NC1CCCCC1)N(Cc1ccc(Cl)cc1Cl)C(=O)CN(c1cccc(F)c1)S(C)(=O)=O. The Morgan fingerprint density at radius 2 is 1.81 bits per heavy atom. The summed E-state index contributed by atoms with van der Waals surface area (Å²) in [5.41, 5.74) is 0.554. The lowest BCUT2D eigenvalue weighted by Crippen LogP contribution is -2.53. The van der Waals surface area contributed by atoms with Gasteiger partial charge in [0.2, 0.25) is 21.8 Å². The molecule has 1 N–H and O–H groups in total. The van der Waals surface area contributed by atoms with Gasteiger partial charge >= 0.3 is 0 Å². The average Bonchev–Trinajstić information content (AvgIpc) is 2.81. The fourth-order valence-electron chi connectivity index (χ4n) is 4.23. The summed E-state index contributed by atoms with van der Waals surface area (Å²) in [5, 5.41) is 3.74. The van der Waals surface area contributed by atoms with E-state index < -0.39 is 34.3 Å². The zero-order valence-electron chi connectivity index (χ0n) is 20.2. The quantitative estimate of drug-likeness (QED) is 0.481. The van der Waals surface area contributed by atoms with E-state index in [0.717, 1.165) is 48.7 Å². The highest BCUT2D eigenvalue weighted by molar-refractivity contribution is 7.92. The summed E-state index contributed by atoms with van der Waals surface area (Å²) in [6.45, 7) is 0.927. The largest absolute Gasteiger partial charge is 0.352 e. The van der Waals surface area contributed by atoms with Gasteiger partial charge in [-0.3, -0.25) is 13.9 Å². The number of rotatable bonds is 9. The Kier molecular flexibility index (Phi) is 9.60. The number of nitrogens with zero attached hydrogens (tertiary/aromatic N) is 2. The first-order chi connectivity index (χ1) is 17.0. The Balaban J connectivity index is 1.90. The molecule has 0 aromatic heterocycles. The number of nitrogens with one attached hydrogen (secondary N) is 1. The number of hydrogen-bond acceptors (Lipinski definition) is 4. The van der Waals surface area contributed by atoms with Gasteiger partial charge in [-0.05, 0) is 55.7 Å². The van der Waals surface area contributed by atoms with Crippen molar-refractivity contribution in [2.45, 2.75) is 57.7 Å². The molecule has 36 heavy (non-hydrogen) atoms. The van der Waals surface area contributed by atoms with E-state index in [1.54, 1.807) is 19.1 Å². The Morgan fingerprint density at radius 3 is 2.42 bits per heavy atom. The summed E-state index contributed by atoms with van der Waals surface area (Å²) in [5.74, 6) is -1.61. The maximum absolute atomic E-state index is 13.8. The first-order valence-corrected chi connectivity index (χ1v) is 14.3. The van der Waals surface area contributed by atoms with Crippen LogP contribution in [-0.2, 0) is 26.2 Å². The average molecular weight is 559 g/mol. The zero-order valence-corrected chi connectivity index (χ0v) is 22.5. The van der Waals surface area contributed by atoms with Gasteiger partial charge in [-0.1, -0.05) is 54.6 Å². The van der Waals surface area contributed by atoms with Crippen LogP contribution in [0.5, 0.6) is 0 Å². The van der Waals surface area contributed by atoms with Crippen LogP contribution in [-0.4, -0.2) is 50.0 Å². The second-order valence-electron chi connectivity index (χ2n) is 9.03. The van der Waals surface area contributed by atoms with Gasteiger partial charge in [-0.25, -0.2) is 12.8 Å². The van der Waals surface area contributed by atoms with E-state index in [2.05, 4.69) is 5.32 Å². The predicted molar refractivity (Wildman–Crippen MR) is 140 cm³/mol. The van der Waals surface area contributed by atoms with E-state index in [1.165, 1.54) is 29.2 Å². The molecule has 1 aliphatic rings. The number of sulfonamides is 1. The molecular weight excluding hydrogens is 528 g/mol.